The molecular formula is C54H40N2O. The van der Waals surface area contributed by atoms with Crippen molar-refractivity contribution in [1.29, 1.82) is 0 Å². The van der Waals surface area contributed by atoms with E-state index >= 15 is 0 Å². The maximum absolute atomic E-state index is 6.56. The monoisotopic (exact) mass is 732 g/mol. The van der Waals surface area contributed by atoms with Gasteiger partial charge in [0.1, 0.15) is 11.5 Å². The zero-order valence-corrected chi connectivity index (χ0v) is 31.4. The molecule has 0 saturated heterocycles. The van der Waals surface area contributed by atoms with Crippen molar-refractivity contribution < 1.29 is 4.74 Å². The molecule has 0 unspecified atom stereocenters. The van der Waals surface area contributed by atoms with Gasteiger partial charge in [0.15, 0.2) is 0 Å². The van der Waals surface area contributed by atoms with Gasteiger partial charge in [0, 0.05) is 40.2 Å². The second kappa shape index (κ2) is 16.4. The quantitative estimate of drug-likeness (QED) is 0.132. The molecule has 0 radical (unpaired) electrons. The molecule has 9 aromatic carbocycles. The summed E-state index contributed by atoms with van der Waals surface area (Å²) in [5.74, 6) is 1.51. The highest BCUT2D eigenvalue weighted by molar-refractivity contribution is 5.81. The normalized spacial score (nSPS) is 10.8. The van der Waals surface area contributed by atoms with Gasteiger partial charge in [-0.2, -0.15) is 0 Å². The summed E-state index contributed by atoms with van der Waals surface area (Å²) in [7, 11) is 0. The van der Waals surface area contributed by atoms with E-state index in [2.05, 4.69) is 210 Å². The van der Waals surface area contributed by atoms with Gasteiger partial charge in [0.25, 0.3) is 0 Å². The average molecular weight is 733 g/mol. The first-order chi connectivity index (χ1) is 28.2. The van der Waals surface area contributed by atoms with Crippen LogP contribution in [0.15, 0.2) is 243 Å². The van der Waals surface area contributed by atoms with Crippen molar-refractivity contribution in [1.82, 2.24) is 0 Å². The summed E-state index contributed by atoms with van der Waals surface area (Å²) in [5.41, 5.74) is 13.4. The number of benzene rings is 9. The first kappa shape index (κ1) is 35.1. The zero-order chi connectivity index (χ0) is 38.2. The van der Waals surface area contributed by atoms with Gasteiger partial charge in [0.2, 0.25) is 0 Å². The van der Waals surface area contributed by atoms with Gasteiger partial charge < -0.3 is 14.5 Å². The Morgan fingerprint density at radius 1 is 0.211 bits per heavy atom. The van der Waals surface area contributed by atoms with Crippen molar-refractivity contribution in [2.24, 2.45) is 0 Å². The molecule has 0 aliphatic carbocycles. The summed E-state index contributed by atoms with van der Waals surface area (Å²) in [5, 5.41) is 0. The second-order valence-corrected chi connectivity index (χ2v) is 13.8. The fraction of sp³-hybridized carbons (Fsp3) is 0. The van der Waals surface area contributed by atoms with Crippen molar-refractivity contribution >= 4 is 34.1 Å². The molecule has 9 aromatic rings. The topological polar surface area (TPSA) is 15.7 Å². The van der Waals surface area contributed by atoms with E-state index in [1.165, 1.54) is 33.4 Å². The fourth-order valence-corrected chi connectivity index (χ4v) is 7.26. The molecule has 0 N–H and O–H groups in total. The van der Waals surface area contributed by atoms with E-state index in [-0.39, 0.29) is 0 Å². The Bertz CT molecular complexity index is 2560. The Balaban J connectivity index is 1.01. The molecule has 0 aromatic heterocycles. The van der Waals surface area contributed by atoms with Crippen LogP contribution < -0.4 is 14.5 Å². The Kier molecular flexibility index (Phi) is 10.1. The highest BCUT2D eigenvalue weighted by atomic mass is 16.5. The minimum absolute atomic E-state index is 0.753. The van der Waals surface area contributed by atoms with Gasteiger partial charge in [-0.1, -0.05) is 152 Å². The highest BCUT2D eigenvalue weighted by Crippen LogP contribution is 2.40. The molecule has 3 heteroatoms. The fourth-order valence-electron chi connectivity index (χ4n) is 7.26. The van der Waals surface area contributed by atoms with Crippen LogP contribution in [0.2, 0.25) is 0 Å². The maximum Gasteiger partial charge on any atom is 0.129 e. The predicted molar refractivity (Wildman–Crippen MR) is 239 cm³/mol. The SMILES string of the molecule is c1ccc(-c2ccc(N(c3ccccc3)c3ccc(Oc4cccc(N(c5ccc(-c6ccccc6)cc5)c5ccc(-c6ccccc6)cc5)c4)cc3)cc2)cc1. The third-order valence-corrected chi connectivity index (χ3v) is 10.1. The van der Waals surface area contributed by atoms with Crippen LogP contribution in [-0.2, 0) is 0 Å². The van der Waals surface area contributed by atoms with Crippen LogP contribution in [0.3, 0.4) is 0 Å². The van der Waals surface area contributed by atoms with Crippen LogP contribution in [0, 0.1) is 0 Å². The molecule has 0 aliphatic rings. The van der Waals surface area contributed by atoms with Gasteiger partial charge in [-0.15, -0.1) is 0 Å². The van der Waals surface area contributed by atoms with E-state index in [0.29, 0.717) is 0 Å². The van der Waals surface area contributed by atoms with Crippen LogP contribution in [-0.4, -0.2) is 0 Å². The summed E-state index contributed by atoms with van der Waals surface area (Å²) in [6, 6.07) is 84.8. The lowest BCUT2D eigenvalue weighted by atomic mass is 10.0. The molecule has 57 heavy (non-hydrogen) atoms. The molecule has 0 saturated carbocycles. The van der Waals surface area contributed by atoms with Crippen LogP contribution >= 0.6 is 0 Å². The second-order valence-electron chi connectivity index (χ2n) is 13.8. The maximum atomic E-state index is 6.56. The summed E-state index contributed by atoms with van der Waals surface area (Å²) in [6.45, 7) is 0. The van der Waals surface area contributed by atoms with Gasteiger partial charge in [-0.25, -0.2) is 0 Å². The Morgan fingerprint density at radius 2 is 0.509 bits per heavy atom. The van der Waals surface area contributed by atoms with Crippen LogP contribution in [0.25, 0.3) is 33.4 Å². The number of para-hydroxylation sites is 1. The first-order valence-electron chi connectivity index (χ1n) is 19.2. The number of nitrogens with zero attached hydrogens (tertiary/aromatic N) is 2. The van der Waals surface area contributed by atoms with E-state index in [9.17, 15) is 0 Å². The molecule has 0 heterocycles. The third-order valence-electron chi connectivity index (χ3n) is 10.1. The van der Waals surface area contributed by atoms with Crippen molar-refractivity contribution in [2.45, 2.75) is 0 Å². The third kappa shape index (κ3) is 7.95. The van der Waals surface area contributed by atoms with Gasteiger partial charge in [0.05, 0.1) is 0 Å². The predicted octanol–water partition coefficient (Wildman–Crippen LogP) is 15.4. The van der Waals surface area contributed by atoms with Gasteiger partial charge in [-0.05, 0) is 118 Å². The van der Waals surface area contributed by atoms with E-state index in [1.54, 1.807) is 0 Å². The lowest BCUT2D eigenvalue weighted by molar-refractivity contribution is 0.483. The molecule has 0 aliphatic heterocycles. The molecule has 0 bridgehead atoms. The number of hydrogen-bond donors (Lipinski definition) is 0. The summed E-state index contributed by atoms with van der Waals surface area (Å²) in [4.78, 5) is 4.55. The van der Waals surface area contributed by atoms with Gasteiger partial charge >= 0.3 is 0 Å². The largest absolute Gasteiger partial charge is 0.457 e. The van der Waals surface area contributed by atoms with Crippen LogP contribution in [0.5, 0.6) is 11.5 Å². The molecule has 0 amide bonds. The summed E-state index contributed by atoms with van der Waals surface area (Å²) < 4.78 is 6.56. The molecule has 0 fully saturated rings. The van der Waals surface area contributed by atoms with Crippen molar-refractivity contribution in [3.05, 3.63) is 243 Å². The standard InChI is InChI=1S/C54H40N2O/c1-5-14-41(15-6-1)44-24-30-48(31-25-44)55(47-20-11-4-12-21-47)51-36-38-53(39-37-51)57-54-23-13-22-52(40-54)56(49-32-26-45(27-33-49)42-16-7-2-8-17-42)50-34-28-46(29-35-50)43-18-9-3-10-19-43/h1-40H. The van der Waals surface area contributed by atoms with Crippen LogP contribution in [0.4, 0.5) is 34.1 Å². The number of rotatable bonds is 11. The Hall–Kier alpha value is -7.62. The molecule has 3 nitrogen and oxygen atoms in total. The van der Waals surface area contributed by atoms with Crippen LogP contribution in [0.1, 0.15) is 0 Å². The summed E-state index contributed by atoms with van der Waals surface area (Å²) in [6.07, 6.45) is 0. The summed E-state index contributed by atoms with van der Waals surface area (Å²) >= 11 is 0. The molecule has 0 spiro atoms. The smallest absolute Gasteiger partial charge is 0.129 e. The number of ether oxygens (including phenoxy) is 1. The first-order valence-corrected chi connectivity index (χ1v) is 19.2. The Morgan fingerprint density at radius 3 is 0.912 bits per heavy atom. The zero-order valence-electron chi connectivity index (χ0n) is 31.4. The van der Waals surface area contributed by atoms with E-state index in [4.69, 9.17) is 4.74 Å². The van der Waals surface area contributed by atoms with Gasteiger partial charge in [-0.3, -0.25) is 0 Å². The van der Waals surface area contributed by atoms with Crippen molar-refractivity contribution in [3.8, 4) is 44.9 Å². The highest BCUT2D eigenvalue weighted by Gasteiger charge is 2.16. The molecule has 272 valence electrons. The lowest BCUT2D eigenvalue weighted by Crippen LogP contribution is -2.10. The van der Waals surface area contributed by atoms with E-state index < -0.39 is 0 Å². The number of anilines is 6. The molecular weight excluding hydrogens is 693 g/mol. The van der Waals surface area contributed by atoms with Crippen molar-refractivity contribution in [3.63, 3.8) is 0 Å². The molecule has 9 rings (SSSR count). The minimum Gasteiger partial charge on any atom is -0.457 e. The lowest BCUT2D eigenvalue weighted by Gasteiger charge is -2.26. The average Bonchev–Trinajstić information content (AvgIpc) is 3.29. The minimum atomic E-state index is 0.753. The Labute approximate surface area is 335 Å². The molecule has 0 atom stereocenters. The van der Waals surface area contributed by atoms with E-state index in [1.807, 2.05) is 42.5 Å². The van der Waals surface area contributed by atoms with Crippen molar-refractivity contribution in [2.75, 3.05) is 9.80 Å². The number of hydrogen-bond acceptors (Lipinski definition) is 3. The van der Waals surface area contributed by atoms with E-state index in [0.717, 1.165) is 45.6 Å².